The van der Waals surface area contributed by atoms with E-state index in [1.165, 1.54) is 5.56 Å². The number of carbonyl (C=O) groups is 1. The second-order valence-corrected chi connectivity index (χ2v) is 9.01. The van der Waals surface area contributed by atoms with Crippen LogP contribution in [0.1, 0.15) is 28.9 Å². The highest BCUT2D eigenvalue weighted by atomic mass is 32.1. The van der Waals surface area contributed by atoms with Gasteiger partial charge in [0.2, 0.25) is 0 Å². The smallest absolute Gasteiger partial charge is 0.272 e. The fourth-order valence-corrected chi connectivity index (χ4v) is 4.98. The number of thiophene rings is 1. The van der Waals surface area contributed by atoms with Crippen LogP contribution in [0.15, 0.2) is 84.2 Å². The molecule has 4 aromatic rings. The highest BCUT2D eigenvalue weighted by molar-refractivity contribution is 7.13. The maximum absolute atomic E-state index is 13.5. The number of benzene rings is 2. The van der Waals surface area contributed by atoms with Gasteiger partial charge in [-0.2, -0.15) is 5.10 Å². The molecule has 0 saturated carbocycles. The fraction of sp³-hybridized carbons (Fsp3) is 0.231. The molecule has 0 radical (unpaired) electrons. The number of rotatable bonds is 5. The summed E-state index contributed by atoms with van der Waals surface area (Å²) < 4.78 is 1.80. The van der Waals surface area contributed by atoms with Gasteiger partial charge in [0, 0.05) is 13.1 Å². The van der Waals surface area contributed by atoms with Crippen LogP contribution in [0.25, 0.3) is 16.3 Å². The van der Waals surface area contributed by atoms with E-state index in [1.807, 2.05) is 58.8 Å². The predicted molar refractivity (Wildman–Crippen MR) is 126 cm³/mol. The molecule has 1 fully saturated rings. The fourth-order valence-electron chi connectivity index (χ4n) is 4.29. The molecule has 1 saturated heterocycles. The minimum atomic E-state index is 0.0670. The van der Waals surface area contributed by atoms with Crippen molar-refractivity contribution in [3.63, 3.8) is 0 Å². The van der Waals surface area contributed by atoms with Gasteiger partial charge in [0.05, 0.1) is 10.6 Å². The number of para-hydroxylation sites is 1. The zero-order valence-corrected chi connectivity index (χ0v) is 18.2. The van der Waals surface area contributed by atoms with Crippen LogP contribution in [0.5, 0.6) is 0 Å². The molecular weight excluding hydrogens is 402 g/mol. The second-order valence-electron chi connectivity index (χ2n) is 8.06. The van der Waals surface area contributed by atoms with Crippen molar-refractivity contribution < 1.29 is 4.79 Å². The van der Waals surface area contributed by atoms with Crippen molar-refractivity contribution >= 4 is 17.2 Å². The first-order valence-electron chi connectivity index (χ1n) is 10.8. The number of aromatic nitrogens is 2. The Morgan fingerprint density at radius 2 is 1.65 bits per heavy atom. The van der Waals surface area contributed by atoms with Crippen LogP contribution in [-0.4, -0.2) is 33.7 Å². The maximum Gasteiger partial charge on any atom is 0.272 e. The third-order valence-corrected chi connectivity index (χ3v) is 6.86. The highest BCUT2D eigenvalue weighted by Gasteiger charge is 2.27. The summed E-state index contributed by atoms with van der Waals surface area (Å²) in [5.41, 5.74) is 3.78. The minimum absolute atomic E-state index is 0.0670. The molecule has 0 bridgehead atoms. The number of nitrogens with zero attached hydrogens (tertiary/aromatic N) is 3. The van der Waals surface area contributed by atoms with E-state index in [0.717, 1.165) is 48.6 Å². The molecule has 0 atom stereocenters. The summed E-state index contributed by atoms with van der Waals surface area (Å²) in [6.07, 6.45) is 3.17. The zero-order chi connectivity index (χ0) is 21.0. The monoisotopic (exact) mass is 427 g/mol. The molecule has 0 aliphatic carbocycles. The van der Waals surface area contributed by atoms with Crippen LogP contribution in [0, 0.1) is 5.92 Å². The van der Waals surface area contributed by atoms with Gasteiger partial charge in [0.25, 0.3) is 5.91 Å². The largest absolute Gasteiger partial charge is 0.337 e. The average molecular weight is 428 g/mol. The third-order valence-electron chi connectivity index (χ3n) is 5.97. The molecular formula is C26H25N3OS. The van der Waals surface area contributed by atoms with E-state index in [4.69, 9.17) is 5.10 Å². The molecule has 156 valence electrons. The number of hydrogen-bond acceptors (Lipinski definition) is 3. The number of carbonyl (C=O) groups excluding carboxylic acids is 1. The molecule has 3 heterocycles. The number of piperidine rings is 1. The van der Waals surface area contributed by atoms with Crippen LogP contribution in [0.3, 0.4) is 0 Å². The molecule has 0 spiro atoms. The van der Waals surface area contributed by atoms with Gasteiger partial charge < -0.3 is 4.90 Å². The molecule has 0 unspecified atom stereocenters. The SMILES string of the molecule is O=C(c1cc(-c2cccs2)nn1-c1ccccc1)N1CCC(Cc2ccccc2)CC1. The molecule has 4 nitrogen and oxygen atoms in total. The van der Waals surface area contributed by atoms with Gasteiger partial charge in [-0.15, -0.1) is 11.3 Å². The molecule has 31 heavy (non-hydrogen) atoms. The lowest BCUT2D eigenvalue weighted by molar-refractivity contribution is 0.0681. The van der Waals surface area contributed by atoms with E-state index in [-0.39, 0.29) is 5.91 Å². The molecule has 1 aliphatic heterocycles. The van der Waals surface area contributed by atoms with Crippen molar-refractivity contribution in [3.8, 4) is 16.3 Å². The molecule has 5 rings (SSSR count). The van der Waals surface area contributed by atoms with Gasteiger partial charge in [-0.1, -0.05) is 54.6 Å². The van der Waals surface area contributed by atoms with E-state index in [9.17, 15) is 4.79 Å². The Kier molecular flexibility index (Phi) is 5.67. The lowest BCUT2D eigenvalue weighted by Crippen LogP contribution is -2.39. The molecule has 2 aromatic heterocycles. The van der Waals surface area contributed by atoms with Crippen LogP contribution in [0.2, 0.25) is 0 Å². The summed E-state index contributed by atoms with van der Waals surface area (Å²) in [5, 5.41) is 6.83. The third kappa shape index (κ3) is 4.32. The van der Waals surface area contributed by atoms with Gasteiger partial charge in [0.15, 0.2) is 0 Å². The first kappa shape index (κ1) is 19.8. The Balaban J connectivity index is 1.35. The second kappa shape index (κ2) is 8.90. The zero-order valence-electron chi connectivity index (χ0n) is 17.4. The Bertz CT molecular complexity index is 1130. The lowest BCUT2D eigenvalue weighted by atomic mass is 9.90. The van der Waals surface area contributed by atoms with Crippen LogP contribution < -0.4 is 0 Å². The molecule has 5 heteroatoms. The normalized spacial score (nSPS) is 14.6. The van der Waals surface area contributed by atoms with E-state index in [0.29, 0.717) is 11.6 Å². The van der Waals surface area contributed by atoms with Crippen molar-refractivity contribution in [2.24, 2.45) is 5.92 Å². The van der Waals surface area contributed by atoms with Crippen molar-refractivity contribution in [1.29, 1.82) is 0 Å². The Morgan fingerprint density at radius 1 is 0.935 bits per heavy atom. The summed E-state index contributed by atoms with van der Waals surface area (Å²) in [5.74, 6) is 0.699. The molecule has 2 aromatic carbocycles. The van der Waals surface area contributed by atoms with Crippen molar-refractivity contribution in [2.75, 3.05) is 13.1 Å². The first-order valence-corrected chi connectivity index (χ1v) is 11.7. The number of likely N-dealkylation sites (tertiary alicyclic amines) is 1. The average Bonchev–Trinajstić information content (AvgIpc) is 3.51. The number of amides is 1. The summed E-state index contributed by atoms with van der Waals surface area (Å²) in [7, 11) is 0. The lowest BCUT2D eigenvalue weighted by Gasteiger charge is -2.32. The molecule has 0 N–H and O–H groups in total. The van der Waals surface area contributed by atoms with E-state index in [2.05, 4.69) is 30.3 Å². The summed E-state index contributed by atoms with van der Waals surface area (Å²) in [6.45, 7) is 1.59. The van der Waals surface area contributed by atoms with Gasteiger partial charge in [-0.05, 0) is 60.4 Å². The minimum Gasteiger partial charge on any atom is -0.337 e. The molecule has 1 amide bonds. The summed E-state index contributed by atoms with van der Waals surface area (Å²) >= 11 is 1.64. The van der Waals surface area contributed by atoms with Crippen molar-refractivity contribution in [2.45, 2.75) is 19.3 Å². The van der Waals surface area contributed by atoms with Crippen LogP contribution >= 0.6 is 11.3 Å². The summed E-state index contributed by atoms with van der Waals surface area (Å²) in [6, 6.07) is 26.6. The van der Waals surface area contributed by atoms with Crippen molar-refractivity contribution in [1.82, 2.24) is 14.7 Å². The first-order chi connectivity index (χ1) is 15.3. The summed E-state index contributed by atoms with van der Waals surface area (Å²) in [4.78, 5) is 16.6. The van der Waals surface area contributed by atoms with Crippen LogP contribution in [0.4, 0.5) is 0 Å². The van der Waals surface area contributed by atoms with Gasteiger partial charge in [-0.25, -0.2) is 4.68 Å². The Labute approximate surface area is 186 Å². The van der Waals surface area contributed by atoms with Crippen LogP contribution in [-0.2, 0) is 6.42 Å². The Morgan fingerprint density at radius 3 is 2.32 bits per heavy atom. The van der Waals surface area contributed by atoms with E-state index >= 15 is 0 Å². The number of hydrogen-bond donors (Lipinski definition) is 0. The maximum atomic E-state index is 13.5. The van der Waals surface area contributed by atoms with E-state index in [1.54, 1.807) is 16.0 Å². The van der Waals surface area contributed by atoms with Crippen molar-refractivity contribution in [3.05, 3.63) is 95.5 Å². The van der Waals surface area contributed by atoms with E-state index < -0.39 is 0 Å². The van der Waals surface area contributed by atoms with Gasteiger partial charge >= 0.3 is 0 Å². The highest BCUT2D eigenvalue weighted by Crippen LogP contribution is 2.28. The topological polar surface area (TPSA) is 38.1 Å². The van der Waals surface area contributed by atoms with Gasteiger partial charge in [0.1, 0.15) is 11.4 Å². The quantitative estimate of drug-likeness (QED) is 0.410. The molecule has 1 aliphatic rings. The standard InChI is InChI=1S/C26H25N3OS/c30-26(28-15-13-21(14-16-28)18-20-8-3-1-4-9-20)24-19-23(25-12-7-17-31-25)27-29(24)22-10-5-2-6-11-22/h1-12,17,19,21H,13-16,18H2. The Hall–Kier alpha value is -3.18. The predicted octanol–water partition coefficient (Wildman–Crippen LogP) is 5.70. The van der Waals surface area contributed by atoms with Gasteiger partial charge in [-0.3, -0.25) is 4.79 Å².